The second kappa shape index (κ2) is 2.92. The van der Waals surface area contributed by atoms with Crippen molar-refractivity contribution in [2.45, 2.75) is 11.8 Å². The summed E-state index contributed by atoms with van der Waals surface area (Å²) in [7, 11) is 0. The zero-order valence-corrected chi connectivity index (χ0v) is 6.90. The van der Waals surface area contributed by atoms with Crippen LogP contribution in [0.15, 0.2) is 17.2 Å². The Labute approximate surface area is 64.8 Å². The Bertz CT molecular complexity index is 235. The maximum atomic E-state index is 5.57. The fraction of sp³-hybridized carbons (Fsp3) is 0.286. The van der Waals surface area contributed by atoms with Gasteiger partial charge in [0.1, 0.15) is 5.82 Å². The summed E-state index contributed by atoms with van der Waals surface area (Å²) in [6.45, 7) is 1.98. The van der Waals surface area contributed by atoms with Crippen molar-refractivity contribution in [3.05, 3.63) is 17.8 Å². The molecular weight excluding hydrogens is 144 g/mol. The molecular formula is C7H10N2S. The number of hydrogen-bond acceptors (Lipinski definition) is 3. The van der Waals surface area contributed by atoms with Crippen molar-refractivity contribution < 1.29 is 0 Å². The molecule has 0 spiro atoms. The highest BCUT2D eigenvalue weighted by atomic mass is 32.2. The molecule has 2 N–H and O–H groups in total. The number of nitrogens with zero attached hydrogens (tertiary/aromatic N) is 1. The Morgan fingerprint density at radius 1 is 1.60 bits per heavy atom. The third-order valence-corrected chi connectivity index (χ3v) is 2.30. The first-order chi connectivity index (χ1) is 4.75. The van der Waals surface area contributed by atoms with Crippen LogP contribution in [0.4, 0.5) is 5.82 Å². The lowest BCUT2D eigenvalue weighted by Crippen LogP contribution is -1.93. The monoisotopic (exact) mass is 154 g/mol. The van der Waals surface area contributed by atoms with E-state index in [9.17, 15) is 0 Å². The van der Waals surface area contributed by atoms with Crippen LogP contribution in [0.25, 0.3) is 0 Å². The van der Waals surface area contributed by atoms with Crippen LogP contribution in [0.1, 0.15) is 5.56 Å². The molecule has 0 unspecified atom stereocenters. The van der Waals surface area contributed by atoms with Gasteiger partial charge < -0.3 is 5.73 Å². The van der Waals surface area contributed by atoms with Gasteiger partial charge in [0, 0.05) is 16.7 Å². The third kappa shape index (κ3) is 1.24. The standard InChI is InChI=1S/C7H10N2S/c1-5-6(10-2)3-4-9-7(5)8/h3-4H,1-2H3,(H2,8,9). The molecule has 0 amide bonds. The largest absolute Gasteiger partial charge is 0.383 e. The summed E-state index contributed by atoms with van der Waals surface area (Å²) in [6.07, 6.45) is 3.76. The van der Waals surface area contributed by atoms with E-state index in [1.165, 1.54) is 4.90 Å². The number of aromatic nitrogens is 1. The summed E-state index contributed by atoms with van der Waals surface area (Å²) < 4.78 is 0. The fourth-order valence-corrected chi connectivity index (χ4v) is 1.36. The Morgan fingerprint density at radius 2 is 2.30 bits per heavy atom. The molecule has 0 bridgehead atoms. The summed E-state index contributed by atoms with van der Waals surface area (Å²) >= 11 is 1.69. The van der Waals surface area contributed by atoms with E-state index >= 15 is 0 Å². The molecule has 0 aliphatic rings. The predicted molar refractivity (Wildman–Crippen MR) is 45.2 cm³/mol. The number of nitrogen functional groups attached to an aromatic ring is 1. The number of thioether (sulfide) groups is 1. The average molecular weight is 154 g/mol. The van der Waals surface area contributed by atoms with E-state index in [0.717, 1.165) is 5.56 Å². The molecule has 10 heavy (non-hydrogen) atoms. The van der Waals surface area contributed by atoms with Gasteiger partial charge in [-0.2, -0.15) is 0 Å². The highest BCUT2D eigenvalue weighted by Gasteiger charge is 1.98. The van der Waals surface area contributed by atoms with Crippen molar-refractivity contribution in [1.82, 2.24) is 4.98 Å². The highest BCUT2D eigenvalue weighted by molar-refractivity contribution is 7.98. The first kappa shape index (κ1) is 7.41. The molecule has 0 fully saturated rings. The van der Waals surface area contributed by atoms with Crippen LogP contribution in [0.2, 0.25) is 0 Å². The lowest BCUT2D eigenvalue weighted by Gasteiger charge is -2.02. The van der Waals surface area contributed by atoms with Crippen molar-refractivity contribution in [3.8, 4) is 0 Å². The van der Waals surface area contributed by atoms with Gasteiger partial charge in [0.15, 0.2) is 0 Å². The maximum absolute atomic E-state index is 5.57. The van der Waals surface area contributed by atoms with Crippen LogP contribution in [0, 0.1) is 6.92 Å². The first-order valence-corrected chi connectivity index (χ1v) is 4.23. The zero-order chi connectivity index (χ0) is 7.56. The van der Waals surface area contributed by atoms with E-state index in [-0.39, 0.29) is 0 Å². The van der Waals surface area contributed by atoms with Crippen LogP contribution < -0.4 is 5.73 Å². The molecule has 0 atom stereocenters. The van der Waals surface area contributed by atoms with E-state index in [0.29, 0.717) is 5.82 Å². The summed E-state index contributed by atoms with van der Waals surface area (Å²) in [5.74, 6) is 0.631. The molecule has 54 valence electrons. The topological polar surface area (TPSA) is 38.9 Å². The van der Waals surface area contributed by atoms with E-state index in [2.05, 4.69) is 4.98 Å². The van der Waals surface area contributed by atoms with E-state index in [4.69, 9.17) is 5.73 Å². The van der Waals surface area contributed by atoms with Gasteiger partial charge >= 0.3 is 0 Å². The Balaban J connectivity index is 3.14. The second-order valence-corrected chi connectivity index (χ2v) is 2.87. The van der Waals surface area contributed by atoms with Gasteiger partial charge in [-0.3, -0.25) is 0 Å². The molecule has 0 radical (unpaired) electrons. The number of rotatable bonds is 1. The van der Waals surface area contributed by atoms with Crippen molar-refractivity contribution in [3.63, 3.8) is 0 Å². The van der Waals surface area contributed by atoms with Gasteiger partial charge in [-0.05, 0) is 19.2 Å². The van der Waals surface area contributed by atoms with Crippen molar-refractivity contribution in [2.24, 2.45) is 0 Å². The Kier molecular flexibility index (Phi) is 2.17. The number of hydrogen-bond donors (Lipinski definition) is 1. The molecule has 2 nitrogen and oxygen atoms in total. The predicted octanol–water partition coefficient (Wildman–Crippen LogP) is 1.69. The van der Waals surface area contributed by atoms with Crippen LogP contribution >= 0.6 is 11.8 Å². The minimum atomic E-state index is 0.631. The van der Waals surface area contributed by atoms with Crippen LogP contribution in [-0.2, 0) is 0 Å². The molecule has 1 aromatic heterocycles. The van der Waals surface area contributed by atoms with Gasteiger partial charge in [-0.25, -0.2) is 4.98 Å². The molecule has 1 rings (SSSR count). The van der Waals surface area contributed by atoms with E-state index < -0.39 is 0 Å². The van der Waals surface area contributed by atoms with Gasteiger partial charge in [-0.15, -0.1) is 11.8 Å². The minimum absolute atomic E-state index is 0.631. The van der Waals surface area contributed by atoms with Crippen LogP contribution in [-0.4, -0.2) is 11.2 Å². The second-order valence-electron chi connectivity index (χ2n) is 2.02. The lowest BCUT2D eigenvalue weighted by atomic mass is 10.3. The van der Waals surface area contributed by atoms with Crippen molar-refractivity contribution >= 4 is 17.6 Å². The molecule has 1 heterocycles. The zero-order valence-electron chi connectivity index (χ0n) is 6.09. The number of anilines is 1. The Morgan fingerprint density at radius 3 is 2.80 bits per heavy atom. The van der Waals surface area contributed by atoms with Gasteiger partial charge in [0.2, 0.25) is 0 Å². The molecule has 1 aromatic rings. The van der Waals surface area contributed by atoms with Gasteiger partial charge in [0.05, 0.1) is 0 Å². The number of nitrogens with two attached hydrogens (primary N) is 1. The van der Waals surface area contributed by atoms with E-state index in [1.54, 1.807) is 18.0 Å². The minimum Gasteiger partial charge on any atom is -0.383 e. The summed E-state index contributed by atoms with van der Waals surface area (Å²) in [5.41, 5.74) is 6.65. The number of pyridine rings is 1. The molecule has 0 aliphatic carbocycles. The summed E-state index contributed by atoms with van der Waals surface area (Å²) in [4.78, 5) is 5.15. The first-order valence-electron chi connectivity index (χ1n) is 3.00. The smallest absolute Gasteiger partial charge is 0.127 e. The highest BCUT2D eigenvalue weighted by Crippen LogP contribution is 2.21. The molecule has 0 saturated carbocycles. The Hall–Kier alpha value is -0.700. The fourth-order valence-electron chi connectivity index (χ4n) is 0.754. The molecule has 0 aliphatic heterocycles. The molecule has 0 aromatic carbocycles. The summed E-state index contributed by atoms with van der Waals surface area (Å²) in [5, 5.41) is 0. The van der Waals surface area contributed by atoms with Crippen LogP contribution in [0.5, 0.6) is 0 Å². The summed E-state index contributed by atoms with van der Waals surface area (Å²) in [6, 6.07) is 1.97. The van der Waals surface area contributed by atoms with Crippen molar-refractivity contribution in [1.29, 1.82) is 0 Å². The molecule has 3 heteroatoms. The van der Waals surface area contributed by atoms with E-state index in [1.807, 2.05) is 19.2 Å². The van der Waals surface area contributed by atoms with Crippen LogP contribution in [0.3, 0.4) is 0 Å². The van der Waals surface area contributed by atoms with Gasteiger partial charge in [-0.1, -0.05) is 0 Å². The van der Waals surface area contributed by atoms with Crippen molar-refractivity contribution in [2.75, 3.05) is 12.0 Å². The normalized spacial score (nSPS) is 9.80. The molecule has 0 saturated heterocycles. The maximum Gasteiger partial charge on any atom is 0.127 e. The third-order valence-electron chi connectivity index (χ3n) is 1.41. The average Bonchev–Trinajstić information content (AvgIpc) is 1.95. The quantitative estimate of drug-likeness (QED) is 0.626. The lowest BCUT2D eigenvalue weighted by molar-refractivity contribution is 1.20. The van der Waals surface area contributed by atoms with Gasteiger partial charge in [0.25, 0.3) is 0 Å². The SMILES string of the molecule is CSc1ccnc(N)c1C.